The van der Waals surface area contributed by atoms with E-state index in [0.29, 0.717) is 17.5 Å². The first-order valence-corrected chi connectivity index (χ1v) is 20.0. The third-order valence-electron chi connectivity index (χ3n) is 10.3. The average Bonchev–Trinajstić information content (AvgIpc) is 3.67. The maximum atomic E-state index is 6.77. The van der Waals surface area contributed by atoms with Gasteiger partial charge in [-0.25, -0.2) is 15.0 Å². The maximum absolute atomic E-state index is 6.77. The predicted octanol–water partition coefficient (Wildman–Crippen LogP) is 10.4. The van der Waals surface area contributed by atoms with Gasteiger partial charge in [0.25, 0.3) is 0 Å². The molecule has 5 heteroatoms. The zero-order valence-corrected chi connectivity index (χ0v) is 28.7. The summed E-state index contributed by atoms with van der Waals surface area (Å²) in [5.74, 6) is 1.93. The molecule has 9 aromatic rings. The van der Waals surface area contributed by atoms with Gasteiger partial charge >= 0.3 is 0 Å². The number of aromatic nitrogens is 3. The summed E-state index contributed by atoms with van der Waals surface area (Å²) in [4.78, 5) is 15.5. The van der Waals surface area contributed by atoms with Crippen molar-refractivity contribution in [3.63, 3.8) is 0 Å². The van der Waals surface area contributed by atoms with Crippen LogP contribution in [0.2, 0.25) is 13.1 Å². The Morgan fingerprint density at radius 2 is 1.08 bits per heavy atom. The number of nitrogens with zero attached hydrogens (tertiary/aromatic N) is 3. The standard InChI is InChI=1S/C45H31N3OSi/c1-50(2)38-19-11-9-17-35(38)41-39(50)27-36(40-34-16-8-10-18-37(34)49-42(40)41)45-47-43(30-13-4-3-5-14-30)46-44(48-45)31-23-20-29(21-24-31)33-25-22-28-12-6-7-15-32(28)26-33/h3-27H,1-2H3. The molecule has 0 bridgehead atoms. The van der Waals surface area contributed by atoms with E-state index in [2.05, 4.69) is 140 Å². The molecule has 0 saturated carbocycles. The zero-order valence-electron chi connectivity index (χ0n) is 27.7. The van der Waals surface area contributed by atoms with Gasteiger partial charge in [0.05, 0.1) is 0 Å². The Morgan fingerprint density at radius 3 is 1.90 bits per heavy atom. The normalized spacial score (nSPS) is 13.2. The molecular weight excluding hydrogens is 627 g/mol. The molecule has 7 aromatic carbocycles. The molecule has 0 spiro atoms. The lowest BCUT2D eigenvalue weighted by Gasteiger charge is -2.19. The van der Waals surface area contributed by atoms with Gasteiger partial charge in [0.1, 0.15) is 19.2 Å². The number of fused-ring (bicyclic) bond motifs is 8. The second-order valence-electron chi connectivity index (χ2n) is 13.6. The summed E-state index contributed by atoms with van der Waals surface area (Å²) in [6.07, 6.45) is 0. The highest BCUT2D eigenvalue weighted by atomic mass is 28.3. The van der Waals surface area contributed by atoms with E-state index in [-0.39, 0.29) is 0 Å². The molecule has 0 radical (unpaired) electrons. The van der Waals surface area contributed by atoms with Crippen molar-refractivity contribution < 1.29 is 4.42 Å². The van der Waals surface area contributed by atoms with Crippen LogP contribution in [0.15, 0.2) is 156 Å². The van der Waals surface area contributed by atoms with Crippen LogP contribution in [0.1, 0.15) is 0 Å². The number of rotatable bonds is 4. The highest BCUT2D eigenvalue weighted by molar-refractivity contribution is 7.04. The van der Waals surface area contributed by atoms with Gasteiger partial charge in [0.2, 0.25) is 0 Å². The molecule has 0 fully saturated rings. The van der Waals surface area contributed by atoms with Crippen molar-refractivity contribution in [2.75, 3.05) is 0 Å². The maximum Gasteiger partial charge on any atom is 0.164 e. The third-order valence-corrected chi connectivity index (χ3v) is 13.9. The molecule has 1 aliphatic rings. The number of para-hydroxylation sites is 1. The summed E-state index contributed by atoms with van der Waals surface area (Å²) < 4.78 is 6.77. The van der Waals surface area contributed by atoms with E-state index in [1.54, 1.807) is 0 Å². The van der Waals surface area contributed by atoms with E-state index in [0.717, 1.165) is 44.2 Å². The van der Waals surface area contributed by atoms with Gasteiger partial charge in [0.15, 0.2) is 17.5 Å². The Kier molecular flexibility index (Phi) is 6.29. The first-order chi connectivity index (χ1) is 24.5. The van der Waals surface area contributed by atoms with Crippen LogP contribution >= 0.6 is 0 Å². The largest absolute Gasteiger partial charge is 0.455 e. The van der Waals surface area contributed by atoms with Gasteiger partial charge in [-0.15, -0.1) is 0 Å². The molecule has 3 heterocycles. The lowest BCUT2D eigenvalue weighted by atomic mass is 9.98. The molecule has 0 unspecified atom stereocenters. The highest BCUT2D eigenvalue weighted by Crippen LogP contribution is 2.43. The van der Waals surface area contributed by atoms with Crippen LogP contribution in [0.5, 0.6) is 0 Å². The van der Waals surface area contributed by atoms with E-state index in [4.69, 9.17) is 19.4 Å². The Hall–Kier alpha value is -6.17. The van der Waals surface area contributed by atoms with Crippen LogP contribution in [0.4, 0.5) is 0 Å². The van der Waals surface area contributed by atoms with E-state index in [1.807, 2.05) is 24.3 Å². The summed E-state index contributed by atoms with van der Waals surface area (Å²) in [6, 6.07) is 53.4. The molecule has 0 N–H and O–H groups in total. The van der Waals surface area contributed by atoms with E-state index in [9.17, 15) is 0 Å². The second kappa shape index (κ2) is 10.9. The molecule has 4 nitrogen and oxygen atoms in total. The predicted molar refractivity (Wildman–Crippen MR) is 209 cm³/mol. The van der Waals surface area contributed by atoms with Gasteiger partial charge in [-0.05, 0) is 56.0 Å². The molecule has 1 aliphatic heterocycles. The smallest absolute Gasteiger partial charge is 0.164 e. The quantitative estimate of drug-likeness (QED) is 0.177. The molecule has 50 heavy (non-hydrogen) atoms. The van der Waals surface area contributed by atoms with Crippen molar-refractivity contribution in [1.82, 2.24) is 15.0 Å². The molecule has 10 rings (SSSR count). The Morgan fingerprint density at radius 1 is 0.460 bits per heavy atom. The van der Waals surface area contributed by atoms with Gasteiger partial charge in [0, 0.05) is 33.0 Å². The number of hydrogen-bond acceptors (Lipinski definition) is 4. The van der Waals surface area contributed by atoms with Crippen molar-refractivity contribution >= 4 is 51.2 Å². The SMILES string of the molecule is C[Si]1(C)c2ccccc2-c2c1cc(-c1nc(-c3ccccc3)nc(-c3ccc(-c4ccc5ccccc5c4)cc3)n1)c1c2oc2ccccc21. The lowest BCUT2D eigenvalue weighted by molar-refractivity contribution is 0.670. The van der Waals surface area contributed by atoms with Crippen LogP contribution in [0.25, 0.3) is 89.1 Å². The second-order valence-corrected chi connectivity index (χ2v) is 18.0. The lowest BCUT2D eigenvalue weighted by Crippen LogP contribution is -2.49. The van der Waals surface area contributed by atoms with E-state index < -0.39 is 8.07 Å². The topological polar surface area (TPSA) is 51.8 Å². The van der Waals surface area contributed by atoms with E-state index >= 15 is 0 Å². The summed E-state index contributed by atoms with van der Waals surface area (Å²) in [7, 11) is -2.05. The minimum absolute atomic E-state index is 0.639. The molecule has 0 aliphatic carbocycles. The molecule has 0 saturated heterocycles. The van der Waals surface area contributed by atoms with Gasteiger partial charge in [-0.3, -0.25) is 0 Å². The number of benzene rings is 7. The Labute approximate surface area is 290 Å². The fourth-order valence-corrected chi connectivity index (χ4v) is 10.8. The molecular formula is C45H31N3OSi. The average molecular weight is 658 g/mol. The first-order valence-electron chi connectivity index (χ1n) is 17.0. The van der Waals surface area contributed by atoms with Crippen molar-refractivity contribution in [3.05, 3.63) is 152 Å². The van der Waals surface area contributed by atoms with Crippen molar-refractivity contribution in [1.29, 1.82) is 0 Å². The Bertz CT molecular complexity index is 2780. The van der Waals surface area contributed by atoms with Crippen LogP contribution in [-0.4, -0.2) is 23.0 Å². The number of furan rings is 1. The summed E-state index contributed by atoms with van der Waals surface area (Å²) >= 11 is 0. The van der Waals surface area contributed by atoms with Crippen LogP contribution < -0.4 is 10.4 Å². The minimum atomic E-state index is -2.05. The highest BCUT2D eigenvalue weighted by Gasteiger charge is 2.40. The zero-order chi connectivity index (χ0) is 33.4. The van der Waals surface area contributed by atoms with Crippen molar-refractivity contribution in [3.8, 4) is 56.4 Å². The summed E-state index contributed by atoms with van der Waals surface area (Å²) in [5.41, 5.74) is 9.46. The molecule has 0 atom stereocenters. The number of hydrogen-bond donors (Lipinski definition) is 0. The molecule has 236 valence electrons. The molecule has 2 aromatic heterocycles. The van der Waals surface area contributed by atoms with Gasteiger partial charge in [-0.2, -0.15) is 0 Å². The van der Waals surface area contributed by atoms with Gasteiger partial charge in [-0.1, -0.05) is 147 Å². The van der Waals surface area contributed by atoms with E-state index in [1.165, 1.54) is 37.8 Å². The van der Waals surface area contributed by atoms with Crippen molar-refractivity contribution in [2.24, 2.45) is 0 Å². The summed E-state index contributed by atoms with van der Waals surface area (Å²) in [6.45, 7) is 4.86. The minimum Gasteiger partial charge on any atom is -0.455 e. The first kappa shape index (κ1) is 28.8. The summed E-state index contributed by atoms with van der Waals surface area (Å²) in [5, 5.41) is 7.35. The third kappa shape index (κ3) is 4.40. The Balaban J connectivity index is 1.19. The fourth-order valence-electron chi connectivity index (χ4n) is 7.75. The monoisotopic (exact) mass is 657 g/mol. The fraction of sp³-hybridized carbons (Fsp3) is 0.0444. The van der Waals surface area contributed by atoms with Gasteiger partial charge < -0.3 is 4.42 Å². The molecule has 0 amide bonds. The van der Waals surface area contributed by atoms with Crippen molar-refractivity contribution in [2.45, 2.75) is 13.1 Å². The van der Waals surface area contributed by atoms with Crippen LogP contribution in [0, 0.1) is 0 Å². The van der Waals surface area contributed by atoms with Crippen LogP contribution in [0.3, 0.4) is 0 Å². The van der Waals surface area contributed by atoms with Crippen LogP contribution in [-0.2, 0) is 0 Å².